The van der Waals surface area contributed by atoms with Crippen LogP contribution in [0.3, 0.4) is 0 Å². The fourth-order valence-corrected chi connectivity index (χ4v) is 3.89. The van der Waals surface area contributed by atoms with Crippen LogP contribution < -0.4 is 5.32 Å². The van der Waals surface area contributed by atoms with Crippen LogP contribution in [0.1, 0.15) is 53.5 Å². The lowest BCUT2D eigenvalue weighted by Gasteiger charge is -2.51. The molecule has 30 heavy (non-hydrogen) atoms. The molecule has 2 N–H and O–H groups in total. The van der Waals surface area contributed by atoms with Gasteiger partial charge >= 0.3 is 6.09 Å². The summed E-state index contributed by atoms with van der Waals surface area (Å²) in [6, 6.07) is 5.15. The first kappa shape index (κ1) is 24.1. The number of rotatable bonds is 6. The van der Waals surface area contributed by atoms with E-state index in [4.69, 9.17) is 4.74 Å². The third kappa shape index (κ3) is 5.31. The average molecular weight is 423 g/mol. The van der Waals surface area contributed by atoms with Crippen LogP contribution in [-0.2, 0) is 15.1 Å². The van der Waals surface area contributed by atoms with Gasteiger partial charge in [0.15, 0.2) is 0 Å². The van der Waals surface area contributed by atoms with E-state index in [0.717, 1.165) is 0 Å². The monoisotopic (exact) mass is 422 g/mol. The molecule has 168 valence electrons. The van der Waals surface area contributed by atoms with Gasteiger partial charge < -0.3 is 20.1 Å². The van der Waals surface area contributed by atoms with Gasteiger partial charge in [0.2, 0.25) is 5.91 Å². The van der Waals surface area contributed by atoms with Crippen molar-refractivity contribution in [3.63, 3.8) is 0 Å². The zero-order valence-corrected chi connectivity index (χ0v) is 18.9. The third-order valence-electron chi connectivity index (χ3n) is 5.84. The topological polar surface area (TPSA) is 78.9 Å². The minimum absolute atomic E-state index is 0.120. The maximum atomic E-state index is 13.3. The molecule has 2 unspecified atom stereocenters. The molecule has 1 fully saturated rings. The number of piperidine rings is 1. The number of hydrogen-bond donors (Lipinski definition) is 2. The second-order valence-corrected chi connectivity index (χ2v) is 9.62. The van der Waals surface area contributed by atoms with E-state index in [9.17, 15) is 19.1 Å². The second-order valence-electron chi connectivity index (χ2n) is 9.62. The molecule has 1 aromatic carbocycles. The fourth-order valence-electron chi connectivity index (χ4n) is 3.89. The Bertz CT molecular complexity index is 748. The number of alkyl carbamates (subject to hydrolysis) is 1. The molecule has 6 nitrogen and oxygen atoms in total. The molecule has 1 saturated heterocycles. The SMILES string of the molecule is CC(C)COC(=O)NC(C(=O)N1CCC(O)(c2ccc(F)cc2)C(C)(C)C1)C(C)C. The summed E-state index contributed by atoms with van der Waals surface area (Å²) in [5.41, 5.74) is -1.22. The molecule has 0 bridgehead atoms. The van der Waals surface area contributed by atoms with Gasteiger partial charge in [0, 0.05) is 18.5 Å². The highest BCUT2D eigenvalue weighted by molar-refractivity contribution is 5.86. The molecule has 0 radical (unpaired) electrons. The predicted molar refractivity (Wildman–Crippen MR) is 113 cm³/mol. The van der Waals surface area contributed by atoms with Crippen molar-refractivity contribution in [3.05, 3.63) is 35.6 Å². The summed E-state index contributed by atoms with van der Waals surface area (Å²) in [5, 5.41) is 14.1. The number of aliphatic hydroxyl groups is 1. The van der Waals surface area contributed by atoms with Crippen molar-refractivity contribution in [3.8, 4) is 0 Å². The van der Waals surface area contributed by atoms with Crippen molar-refractivity contribution in [2.24, 2.45) is 17.3 Å². The molecular weight excluding hydrogens is 387 g/mol. The first-order valence-corrected chi connectivity index (χ1v) is 10.6. The minimum atomic E-state index is -1.19. The lowest BCUT2D eigenvalue weighted by Crippen LogP contribution is -2.60. The van der Waals surface area contributed by atoms with E-state index in [1.54, 1.807) is 17.0 Å². The van der Waals surface area contributed by atoms with Crippen LogP contribution in [0, 0.1) is 23.1 Å². The van der Waals surface area contributed by atoms with E-state index >= 15 is 0 Å². The number of nitrogens with one attached hydrogen (secondary N) is 1. The first-order chi connectivity index (χ1) is 13.9. The van der Waals surface area contributed by atoms with Gasteiger partial charge in [-0.2, -0.15) is 0 Å². The van der Waals surface area contributed by atoms with Crippen LogP contribution in [0.4, 0.5) is 9.18 Å². The lowest BCUT2D eigenvalue weighted by molar-refractivity contribution is -0.155. The zero-order chi connectivity index (χ0) is 22.7. The number of carbonyl (C=O) groups is 2. The highest BCUT2D eigenvalue weighted by atomic mass is 19.1. The lowest BCUT2D eigenvalue weighted by atomic mass is 9.66. The van der Waals surface area contributed by atoms with E-state index in [2.05, 4.69) is 5.32 Å². The molecule has 0 aliphatic carbocycles. The molecule has 2 atom stereocenters. The summed E-state index contributed by atoms with van der Waals surface area (Å²) < 4.78 is 18.5. The number of carbonyl (C=O) groups excluding carboxylic acids is 2. The first-order valence-electron chi connectivity index (χ1n) is 10.6. The highest BCUT2D eigenvalue weighted by Crippen LogP contribution is 2.46. The summed E-state index contributed by atoms with van der Waals surface area (Å²) in [4.78, 5) is 27.0. The minimum Gasteiger partial charge on any atom is -0.449 e. The molecule has 7 heteroatoms. The molecule has 1 aromatic rings. The van der Waals surface area contributed by atoms with Crippen LogP contribution >= 0.6 is 0 Å². The number of halogens is 1. The summed E-state index contributed by atoms with van der Waals surface area (Å²) in [6.45, 7) is 12.3. The number of ether oxygens (including phenoxy) is 1. The quantitative estimate of drug-likeness (QED) is 0.733. The fraction of sp³-hybridized carbons (Fsp3) is 0.652. The van der Waals surface area contributed by atoms with E-state index in [0.29, 0.717) is 25.1 Å². The number of hydrogen-bond acceptors (Lipinski definition) is 4. The number of nitrogens with zero attached hydrogens (tertiary/aromatic N) is 1. The molecule has 0 aromatic heterocycles. The van der Waals surface area contributed by atoms with Crippen LogP contribution in [0.25, 0.3) is 0 Å². The zero-order valence-electron chi connectivity index (χ0n) is 18.9. The second kappa shape index (κ2) is 9.33. The van der Waals surface area contributed by atoms with Gasteiger partial charge in [-0.15, -0.1) is 0 Å². The van der Waals surface area contributed by atoms with Crippen LogP contribution in [0.2, 0.25) is 0 Å². The van der Waals surface area contributed by atoms with Crippen molar-refractivity contribution in [2.45, 2.75) is 59.6 Å². The molecule has 0 saturated carbocycles. The Morgan fingerprint density at radius 1 is 1.20 bits per heavy atom. The number of likely N-dealkylation sites (tertiary alicyclic amines) is 1. The van der Waals surface area contributed by atoms with E-state index in [-0.39, 0.29) is 30.2 Å². The van der Waals surface area contributed by atoms with E-state index < -0.39 is 23.2 Å². The molecular formula is C23H35FN2O4. The Labute approximate surface area is 178 Å². The Morgan fingerprint density at radius 2 is 1.80 bits per heavy atom. The Morgan fingerprint density at radius 3 is 2.30 bits per heavy atom. The maximum Gasteiger partial charge on any atom is 0.407 e. The molecule has 2 amide bonds. The predicted octanol–water partition coefficient (Wildman–Crippen LogP) is 3.68. The number of amides is 2. The smallest absolute Gasteiger partial charge is 0.407 e. The summed E-state index contributed by atoms with van der Waals surface area (Å²) >= 11 is 0. The normalized spacial score (nSPS) is 22.1. The Kier molecular flexibility index (Phi) is 7.50. The van der Waals surface area contributed by atoms with Crippen LogP contribution in [0.15, 0.2) is 24.3 Å². The summed E-state index contributed by atoms with van der Waals surface area (Å²) in [6.07, 6.45) is -0.283. The van der Waals surface area contributed by atoms with Gasteiger partial charge in [-0.3, -0.25) is 4.79 Å². The van der Waals surface area contributed by atoms with Crippen molar-refractivity contribution in [1.82, 2.24) is 10.2 Å². The van der Waals surface area contributed by atoms with Gasteiger partial charge in [-0.05, 0) is 36.0 Å². The van der Waals surface area contributed by atoms with Gasteiger partial charge in [-0.1, -0.05) is 53.7 Å². The van der Waals surface area contributed by atoms with Gasteiger partial charge in [-0.25, -0.2) is 9.18 Å². The Balaban J connectivity index is 2.13. The molecule has 1 aliphatic heterocycles. The highest BCUT2D eigenvalue weighted by Gasteiger charge is 2.50. The Hall–Kier alpha value is -2.15. The van der Waals surface area contributed by atoms with Crippen molar-refractivity contribution in [1.29, 1.82) is 0 Å². The van der Waals surface area contributed by atoms with Gasteiger partial charge in [0.1, 0.15) is 11.9 Å². The van der Waals surface area contributed by atoms with E-state index in [1.807, 2.05) is 41.5 Å². The van der Waals surface area contributed by atoms with Gasteiger partial charge in [0.05, 0.1) is 12.2 Å². The van der Waals surface area contributed by atoms with Gasteiger partial charge in [0.25, 0.3) is 0 Å². The van der Waals surface area contributed by atoms with Crippen LogP contribution in [-0.4, -0.2) is 47.7 Å². The molecule has 0 spiro atoms. The molecule has 2 rings (SSSR count). The van der Waals surface area contributed by atoms with Crippen molar-refractivity contribution < 1.29 is 23.8 Å². The maximum absolute atomic E-state index is 13.3. The largest absolute Gasteiger partial charge is 0.449 e. The van der Waals surface area contributed by atoms with Crippen molar-refractivity contribution >= 4 is 12.0 Å². The third-order valence-corrected chi connectivity index (χ3v) is 5.84. The van der Waals surface area contributed by atoms with Crippen molar-refractivity contribution in [2.75, 3.05) is 19.7 Å². The van der Waals surface area contributed by atoms with E-state index in [1.165, 1.54) is 12.1 Å². The molecule has 1 heterocycles. The molecule has 1 aliphatic rings. The summed E-state index contributed by atoms with van der Waals surface area (Å²) in [7, 11) is 0. The number of benzene rings is 1. The standard InChI is InChI=1S/C23H35FN2O4/c1-15(2)13-30-21(28)25-19(16(3)4)20(27)26-12-11-23(29,22(5,6)14-26)17-7-9-18(24)10-8-17/h7-10,15-16,19,29H,11-14H2,1-6H3,(H,25,28). The van der Waals surface area contributed by atoms with Crippen LogP contribution in [0.5, 0.6) is 0 Å². The average Bonchev–Trinajstić information content (AvgIpc) is 2.66. The summed E-state index contributed by atoms with van der Waals surface area (Å²) in [5.74, 6) is -0.468.